The number of rotatable bonds is 2. The van der Waals surface area contributed by atoms with E-state index in [0.717, 1.165) is 5.56 Å². The minimum Gasteiger partial charge on any atom is -0.282 e. The van der Waals surface area contributed by atoms with Crippen molar-refractivity contribution in [3.8, 4) is 0 Å². The van der Waals surface area contributed by atoms with Crippen LogP contribution in [0.25, 0.3) is 0 Å². The van der Waals surface area contributed by atoms with Gasteiger partial charge in [-0.05, 0) is 23.8 Å². The van der Waals surface area contributed by atoms with Crippen LogP contribution in [0.15, 0.2) is 59.8 Å². The summed E-state index contributed by atoms with van der Waals surface area (Å²) in [5.41, 5.74) is 1.06. The van der Waals surface area contributed by atoms with Crippen LogP contribution in [0.1, 0.15) is 5.56 Å². The van der Waals surface area contributed by atoms with Crippen molar-refractivity contribution in [1.82, 2.24) is 4.98 Å². The Morgan fingerprint density at radius 2 is 1.78 bits per heavy atom. The number of nitrogens with zero attached hydrogens (tertiary/aromatic N) is 1. The van der Waals surface area contributed by atoms with Crippen LogP contribution in [0.5, 0.6) is 0 Å². The van der Waals surface area contributed by atoms with E-state index in [1.165, 1.54) is 12.1 Å². The van der Waals surface area contributed by atoms with E-state index >= 15 is 0 Å². The lowest BCUT2D eigenvalue weighted by atomic mass is 10.3. The maximum Gasteiger partial charge on any atom is 0.294 e. The maximum absolute atomic E-state index is 10.4. The molecule has 0 saturated carbocycles. The van der Waals surface area contributed by atoms with Crippen LogP contribution in [0.3, 0.4) is 0 Å². The molecule has 0 aliphatic rings. The number of aromatic nitrogens is 1. The molecule has 1 N–H and O–H groups in total. The van der Waals surface area contributed by atoms with E-state index in [1.807, 2.05) is 12.1 Å². The van der Waals surface area contributed by atoms with Gasteiger partial charge >= 0.3 is 0 Å². The van der Waals surface area contributed by atoms with Crippen LogP contribution < -0.4 is 0 Å². The molecule has 1 heterocycles. The SMILES string of the molecule is ClCc1cccnc1.O=S(=O)(O)c1ccccc1. The van der Waals surface area contributed by atoms with Gasteiger partial charge in [0.2, 0.25) is 0 Å². The summed E-state index contributed by atoms with van der Waals surface area (Å²) in [7, 11) is -4.00. The van der Waals surface area contributed by atoms with Gasteiger partial charge in [-0.3, -0.25) is 9.54 Å². The highest BCUT2D eigenvalue weighted by Crippen LogP contribution is 2.05. The number of hydrogen-bond acceptors (Lipinski definition) is 3. The molecule has 96 valence electrons. The lowest BCUT2D eigenvalue weighted by molar-refractivity contribution is 0.483. The van der Waals surface area contributed by atoms with Crippen molar-refractivity contribution in [3.05, 3.63) is 60.4 Å². The summed E-state index contributed by atoms with van der Waals surface area (Å²) in [6, 6.07) is 11.2. The van der Waals surface area contributed by atoms with E-state index < -0.39 is 10.1 Å². The van der Waals surface area contributed by atoms with E-state index in [0.29, 0.717) is 5.88 Å². The largest absolute Gasteiger partial charge is 0.294 e. The van der Waals surface area contributed by atoms with Gasteiger partial charge in [0.1, 0.15) is 0 Å². The molecule has 1 aromatic carbocycles. The van der Waals surface area contributed by atoms with Crippen molar-refractivity contribution in [3.63, 3.8) is 0 Å². The van der Waals surface area contributed by atoms with Gasteiger partial charge in [-0.1, -0.05) is 24.3 Å². The van der Waals surface area contributed by atoms with E-state index in [1.54, 1.807) is 30.6 Å². The topological polar surface area (TPSA) is 67.3 Å². The first kappa shape index (κ1) is 14.6. The zero-order chi connectivity index (χ0) is 13.4. The van der Waals surface area contributed by atoms with Crippen molar-refractivity contribution in [2.45, 2.75) is 10.8 Å². The van der Waals surface area contributed by atoms with E-state index in [4.69, 9.17) is 16.2 Å². The summed E-state index contributed by atoms with van der Waals surface area (Å²) in [6.45, 7) is 0. The smallest absolute Gasteiger partial charge is 0.282 e. The summed E-state index contributed by atoms with van der Waals surface area (Å²) in [5.74, 6) is 0.549. The Morgan fingerprint density at radius 3 is 2.11 bits per heavy atom. The Kier molecular flexibility index (Phi) is 5.77. The third-order valence-corrected chi connectivity index (χ3v) is 3.09. The Balaban J connectivity index is 0.000000184. The first-order valence-corrected chi connectivity index (χ1v) is 6.99. The lowest BCUT2D eigenvalue weighted by Gasteiger charge is -1.92. The molecule has 0 saturated heterocycles. The second-order valence-electron chi connectivity index (χ2n) is 3.28. The summed E-state index contributed by atoms with van der Waals surface area (Å²) in [6.07, 6.45) is 3.49. The highest BCUT2D eigenvalue weighted by atomic mass is 35.5. The van der Waals surface area contributed by atoms with Gasteiger partial charge in [-0.25, -0.2) is 0 Å². The van der Waals surface area contributed by atoms with Gasteiger partial charge in [-0.15, -0.1) is 11.6 Å². The maximum atomic E-state index is 10.4. The van der Waals surface area contributed by atoms with Gasteiger partial charge in [0.25, 0.3) is 10.1 Å². The lowest BCUT2D eigenvalue weighted by Crippen LogP contribution is -1.96. The molecule has 0 unspecified atom stereocenters. The Hall–Kier alpha value is -1.43. The van der Waals surface area contributed by atoms with Gasteiger partial charge in [-0.2, -0.15) is 8.42 Å². The minimum atomic E-state index is -4.00. The van der Waals surface area contributed by atoms with Crippen LogP contribution in [-0.4, -0.2) is 18.0 Å². The van der Waals surface area contributed by atoms with Gasteiger partial charge in [0.05, 0.1) is 4.90 Å². The molecule has 0 radical (unpaired) electrons. The van der Waals surface area contributed by atoms with E-state index in [2.05, 4.69) is 4.98 Å². The predicted octanol–water partition coefficient (Wildman–Crippen LogP) is 2.75. The molecular weight excluding hydrogens is 274 g/mol. The summed E-state index contributed by atoms with van der Waals surface area (Å²) >= 11 is 5.49. The summed E-state index contributed by atoms with van der Waals surface area (Å²) in [4.78, 5) is 3.80. The zero-order valence-corrected chi connectivity index (χ0v) is 11.0. The molecule has 0 fully saturated rings. The fourth-order valence-electron chi connectivity index (χ4n) is 1.07. The third kappa shape index (κ3) is 5.27. The number of pyridine rings is 1. The van der Waals surface area contributed by atoms with Gasteiger partial charge < -0.3 is 0 Å². The second kappa shape index (κ2) is 7.10. The second-order valence-corrected chi connectivity index (χ2v) is 4.97. The fraction of sp³-hybridized carbons (Fsp3) is 0.0833. The van der Waals surface area contributed by atoms with Crippen molar-refractivity contribution < 1.29 is 13.0 Å². The summed E-state index contributed by atoms with van der Waals surface area (Å²) in [5, 5.41) is 0. The first-order chi connectivity index (χ1) is 8.54. The summed E-state index contributed by atoms with van der Waals surface area (Å²) < 4.78 is 29.2. The van der Waals surface area contributed by atoms with Crippen molar-refractivity contribution in [2.24, 2.45) is 0 Å². The highest BCUT2D eigenvalue weighted by molar-refractivity contribution is 7.85. The molecule has 0 aliphatic heterocycles. The standard InChI is InChI=1S/C6H6ClN.C6H6O3S/c7-4-6-2-1-3-8-5-6;7-10(8,9)6-4-2-1-3-5-6/h1-3,5H,4H2;1-5H,(H,7,8,9). The molecule has 0 amide bonds. The number of halogens is 1. The van der Waals surface area contributed by atoms with E-state index in [9.17, 15) is 8.42 Å². The average Bonchev–Trinajstić information content (AvgIpc) is 2.40. The molecule has 2 rings (SSSR count). The molecule has 2 aromatic rings. The van der Waals surface area contributed by atoms with Crippen molar-refractivity contribution in [2.75, 3.05) is 0 Å². The van der Waals surface area contributed by atoms with Crippen LogP contribution >= 0.6 is 11.6 Å². The molecule has 6 heteroatoms. The molecule has 0 spiro atoms. The Bertz CT molecular complexity index is 558. The molecular formula is C12H12ClNO3S. The fourth-order valence-corrected chi connectivity index (χ4v) is 1.73. The molecule has 0 atom stereocenters. The molecule has 0 bridgehead atoms. The molecule has 4 nitrogen and oxygen atoms in total. The van der Waals surface area contributed by atoms with Crippen LogP contribution in [0.4, 0.5) is 0 Å². The van der Waals surface area contributed by atoms with Crippen molar-refractivity contribution >= 4 is 21.7 Å². The molecule has 18 heavy (non-hydrogen) atoms. The number of benzene rings is 1. The quantitative estimate of drug-likeness (QED) is 0.680. The minimum absolute atomic E-state index is 0.0741. The Labute approximate surface area is 111 Å². The van der Waals surface area contributed by atoms with Crippen LogP contribution in [0, 0.1) is 0 Å². The van der Waals surface area contributed by atoms with Crippen LogP contribution in [0.2, 0.25) is 0 Å². The molecule has 1 aromatic heterocycles. The van der Waals surface area contributed by atoms with Crippen LogP contribution in [-0.2, 0) is 16.0 Å². The molecule has 0 aliphatic carbocycles. The Morgan fingerprint density at radius 1 is 1.11 bits per heavy atom. The predicted molar refractivity (Wildman–Crippen MR) is 70.1 cm³/mol. The monoisotopic (exact) mass is 285 g/mol. The van der Waals surface area contributed by atoms with E-state index in [-0.39, 0.29) is 4.90 Å². The van der Waals surface area contributed by atoms with Crippen molar-refractivity contribution in [1.29, 1.82) is 0 Å². The average molecular weight is 286 g/mol. The third-order valence-electron chi connectivity index (χ3n) is 1.92. The van der Waals surface area contributed by atoms with Gasteiger partial charge in [0, 0.05) is 18.3 Å². The first-order valence-electron chi connectivity index (χ1n) is 5.01. The zero-order valence-electron chi connectivity index (χ0n) is 9.40. The normalized spacial score (nSPS) is 10.3. The van der Waals surface area contributed by atoms with Gasteiger partial charge in [0.15, 0.2) is 0 Å². The highest BCUT2D eigenvalue weighted by Gasteiger charge is 2.05. The number of alkyl halides is 1. The number of hydrogen-bond donors (Lipinski definition) is 1.